The van der Waals surface area contributed by atoms with Crippen molar-refractivity contribution in [1.82, 2.24) is 10.2 Å². The quantitative estimate of drug-likeness (QED) is 0.612. The molecular formula is C17H22N4O5. The van der Waals surface area contributed by atoms with Gasteiger partial charge in [0.2, 0.25) is 0 Å². The molecule has 140 valence electrons. The van der Waals surface area contributed by atoms with Crippen LogP contribution in [0.3, 0.4) is 0 Å². The lowest BCUT2D eigenvalue weighted by atomic mass is 9.84. The molecule has 3 aliphatic heterocycles. The largest absolute Gasteiger partial charge is 0.450 e. The van der Waals surface area contributed by atoms with Crippen molar-refractivity contribution in [1.29, 1.82) is 0 Å². The summed E-state index contributed by atoms with van der Waals surface area (Å²) in [6.07, 6.45) is 1.35. The normalized spacial score (nSPS) is 24.0. The van der Waals surface area contributed by atoms with E-state index in [0.29, 0.717) is 5.92 Å². The van der Waals surface area contributed by atoms with Crippen molar-refractivity contribution in [3.05, 3.63) is 33.9 Å². The lowest BCUT2D eigenvalue weighted by Crippen LogP contribution is -2.57. The highest BCUT2D eigenvalue weighted by Gasteiger charge is 2.35. The standard InChI is InChI=1S/C17H22N4O5/c1-2-26-17(23)19-14-9-12(21(24)25)3-4-13(14)16(22)18-15-10-20-7-5-11(15)6-8-20/h3-4,9,11,15H,2,5-8,10H2,1H3,(H,18,22)(H,19,23). The number of nitrogens with zero attached hydrogens (tertiary/aromatic N) is 2. The number of fused-ring (bicyclic) bond motifs is 3. The van der Waals surface area contributed by atoms with Crippen molar-refractivity contribution >= 4 is 23.4 Å². The lowest BCUT2D eigenvalue weighted by Gasteiger charge is -2.44. The van der Waals surface area contributed by atoms with Crippen LogP contribution < -0.4 is 10.6 Å². The highest BCUT2D eigenvalue weighted by Crippen LogP contribution is 2.28. The minimum Gasteiger partial charge on any atom is -0.450 e. The molecule has 2 amide bonds. The van der Waals surface area contributed by atoms with Gasteiger partial charge in [-0.3, -0.25) is 20.2 Å². The van der Waals surface area contributed by atoms with Crippen molar-refractivity contribution in [2.24, 2.45) is 5.92 Å². The van der Waals surface area contributed by atoms with Gasteiger partial charge in [-0.05, 0) is 44.8 Å². The first-order valence-corrected chi connectivity index (χ1v) is 8.73. The summed E-state index contributed by atoms with van der Waals surface area (Å²) in [6, 6.07) is 3.83. The van der Waals surface area contributed by atoms with Gasteiger partial charge in [0.25, 0.3) is 11.6 Å². The van der Waals surface area contributed by atoms with Crippen LogP contribution >= 0.6 is 0 Å². The number of carbonyl (C=O) groups is 2. The summed E-state index contributed by atoms with van der Waals surface area (Å²) in [5.41, 5.74) is 0.0349. The minimum absolute atomic E-state index is 0.0515. The zero-order valence-corrected chi connectivity index (χ0v) is 14.6. The maximum Gasteiger partial charge on any atom is 0.411 e. The topological polar surface area (TPSA) is 114 Å². The van der Waals surface area contributed by atoms with Crippen molar-refractivity contribution in [2.45, 2.75) is 25.8 Å². The smallest absolute Gasteiger partial charge is 0.411 e. The predicted octanol–water partition coefficient (Wildman–Crippen LogP) is 1.99. The molecule has 1 aromatic rings. The Morgan fingerprint density at radius 3 is 2.65 bits per heavy atom. The highest BCUT2D eigenvalue weighted by molar-refractivity contribution is 6.03. The predicted molar refractivity (Wildman–Crippen MR) is 94.2 cm³/mol. The van der Waals surface area contributed by atoms with Gasteiger partial charge in [-0.2, -0.15) is 0 Å². The van der Waals surface area contributed by atoms with E-state index in [4.69, 9.17) is 4.74 Å². The Hall–Kier alpha value is -2.68. The van der Waals surface area contributed by atoms with Gasteiger partial charge in [-0.25, -0.2) is 4.79 Å². The van der Waals surface area contributed by atoms with Gasteiger partial charge < -0.3 is 15.0 Å². The molecule has 0 spiro atoms. The van der Waals surface area contributed by atoms with E-state index in [9.17, 15) is 19.7 Å². The van der Waals surface area contributed by atoms with E-state index in [1.807, 2.05) is 0 Å². The van der Waals surface area contributed by atoms with Gasteiger partial charge in [0, 0.05) is 24.7 Å². The molecule has 3 heterocycles. The molecule has 2 N–H and O–H groups in total. The fourth-order valence-electron chi connectivity index (χ4n) is 3.60. The number of non-ortho nitro benzene ring substituents is 1. The Bertz CT molecular complexity index is 715. The number of rotatable bonds is 5. The third kappa shape index (κ3) is 3.93. The second-order valence-electron chi connectivity index (χ2n) is 6.55. The number of piperidine rings is 3. The number of hydrogen-bond donors (Lipinski definition) is 2. The van der Waals surface area contributed by atoms with Gasteiger partial charge in [0.1, 0.15) is 0 Å². The second-order valence-corrected chi connectivity index (χ2v) is 6.55. The van der Waals surface area contributed by atoms with Crippen molar-refractivity contribution in [3.63, 3.8) is 0 Å². The number of anilines is 1. The average Bonchev–Trinajstić information content (AvgIpc) is 2.62. The molecule has 1 atom stereocenters. The van der Waals surface area contributed by atoms with Crippen LogP contribution in [0.2, 0.25) is 0 Å². The number of nitro benzene ring substituents is 1. The van der Waals surface area contributed by atoms with Crippen molar-refractivity contribution < 1.29 is 19.2 Å². The molecule has 0 aromatic heterocycles. The molecule has 1 aromatic carbocycles. The number of benzene rings is 1. The first-order chi connectivity index (χ1) is 12.5. The minimum atomic E-state index is -0.759. The van der Waals surface area contributed by atoms with Crippen molar-refractivity contribution in [3.8, 4) is 0 Å². The summed E-state index contributed by atoms with van der Waals surface area (Å²) in [5.74, 6) is 0.0916. The lowest BCUT2D eigenvalue weighted by molar-refractivity contribution is -0.384. The number of carbonyl (C=O) groups excluding carboxylic acids is 2. The van der Waals surface area contributed by atoms with Gasteiger partial charge in [-0.15, -0.1) is 0 Å². The van der Waals surface area contributed by atoms with Crippen LogP contribution in [0.15, 0.2) is 18.2 Å². The third-order valence-electron chi connectivity index (χ3n) is 4.94. The van der Waals surface area contributed by atoms with Crippen LogP contribution in [0.25, 0.3) is 0 Å². The van der Waals surface area contributed by atoms with Gasteiger partial charge in [0.05, 0.1) is 22.8 Å². The molecular weight excluding hydrogens is 340 g/mol. The second kappa shape index (κ2) is 7.69. The van der Waals surface area contributed by atoms with Gasteiger partial charge in [-0.1, -0.05) is 0 Å². The average molecular weight is 362 g/mol. The summed E-state index contributed by atoms with van der Waals surface area (Å²) in [6.45, 7) is 4.73. The summed E-state index contributed by atoms with van der Waals surface area (Å²) >= 11 is 0. The third-order valence-corrected chi connectivity index (χ3v) is 4.94. The Kier molecular flexibility index (Phi) is 5.36. The van der Waals surface area contributed by atoms with E-state index < -0.39 is 11.0 Å². The maximum absolute atomic E-state index is 12.7. The van der Waals surface area contributed by atoms with Crippen molar-refractivity contribution in [2.75, 3.05) is 31.6 Å². The molecule has 2 bridgehead atoms. The molecule has 3 fully saturated rings. The Labute approximate surface area is 150 Å². The Balaban J connectivity index is 1.79. The summed E-state index contributed by atoms with van der Waals surface area (Å²) in [5, 5.41) is 16.4. The molecule has 4 rings (SSSR count). The van der Waals surface area contributed by atoms with Crippen LogP contribution in [0.4, 0.5) is 16.2 Å². The summed E-state index contributed by atoms with van der Waals surface area (Å²) in [7, 11) is 0. The van der Waals surface area contributed by atoms with E-state index in [-0.39, 0.29) is 35.5 Å². The molecule has 0 aliphatic carbocycles. The first-order valence-electron chi connectivity index (χ1n) is 8.73. The molecule has 3 saturated heterocycles. The van der Waals surface area contributed by atoms with E-state index in [1.165, 1.54) is 18.2 Å². The molecule has 0 saturated carbocycles. The van der Waals surface area contributed by atoms with E-state index in [0.717, 1.165) is 32.5 Å². The monoisotopic (exact) mass is 362 g/mol. The summed E-state index contributed by atoms with van der Waals surface area (Å²) < 4.78 is 4.81. The number of nitro groups is 1. The zero-order chi connectivity index (χ0) is 18.7. The van der Waals surface area contributed by atoms with Crippen LogP contribution in [0.5, 0.6) is 0 Å². The van der Waals surface area contributed by atoms with E-state index >= 15 is 0 Å². The van der Waals surface area contributed by atoms with E-state index in [1.54, 1.807) is 6.92 Å². The number of ether oxygens (including phenoxy) is 1. The van der Waals surface area contributed by atoms with Crippen LogP contribution in [-0.2, 0) is 4.74 Å². The molecule has 9 heteroatoms. The SMILES string of the molecule is CCOC(=O)Nc1cc([N+](=O)[O-])ccc1C(=O)NC1CN2CCC1CC2. The summed E-state index contributed by atoms with van der Waals surface area (Å²) in [4.78, 5) is 37.2. The van der Waals surface area contributed by atoms with Crippen LogP contribution in [0, 0.1) is 16.0 Å². The highest BCUT2D eigenvalue weighted by atomic mass is 16.6. The number of nitrogens with one attached hydrogen (secondary N) is 2. The Morgan fingerprint density at radius 1 is 1.35 bits per heavy atom. The zero-order valence-electron chi connectivity index (χ0n) is 14.6. The maximum atomic E-state index is 12.7. The number of hydrogen-bond acceptors (Lipinski definition) is 6. The Morgan fingerprint density at radius 2 is 2.08 bits per heavy atom. The van der Waals surface area contributed by atoms with E-state index in [2.05, 4.69) is 15.5 Å². The molecule has 3 aliphatic rings. The fraction of sp³-hybridized carbons (Fsp3) is 0.529. The molecule has 0 radical (unpaired) electrons. The molecule has 9 nitrogen and oxygen atoms in total. The molecule has 1 unspecified atom stereocenters. The van der Waals surface area contributed by atoms with Gasteiger partial charge in [0.15, 0.2) is 0 Å². The van der Waals surface area contributed by atoms with Gasteiger partial charge >= 0.3 is 6.09 Å². The van der Waals surface area contributed by atoms with Crippen LogP contribution in [0.1, 0.15) is 30.1 Å². The van der Waals surface area contributed by atoms with Crippen LogP contribution in [-0.4, -0.2) is 54.1 Å². The molecule has 26 heavy (non-hydrogen) atoms. The number of amides is 2. The fourth-order valence-corrected chi connectivity index (χ4v) is 3.60. The first kappa shape index (κ1) is 18.1.